The highest BCUT2D eigenvalue weighted by molar-refractivity contribution is 7.09. The zero-order chi connectivity index (χ0) is 15.8. The maximum Gasteiger partial charge on any atom is 0.326 e. The molecule has 0 aromatic carbocycles. The number of hydrogen-bond donors (Lipinski definition) is 4. The Bertz CT molecular complexity index is 517. The van der Waals surface area contributed by atoms with Crippen LogP contribution in [0, 0.1) is 6.92 Å². The summed E-state index contributed by atoms with van der Waals surface area (Å²) in [5, 5.41) is 16.6. The van der Waals surface area contributed by atoms with Crippen molar-refractivity contribution in [3.05, 3.63) is 16.1 Å². The third-order valence-electron chi connectivity index (χ3n) is 2.57. The molecule has 3 amide bonds. The SMILES string of the molecule is Cc1csc(CCNC(=O)NC(CCC(N)=O)C(=O)O)n1. The average molecular weight is 314 g/mol. The van der Waals surface area contributed by atoms with E-state index in [-0.39, 0.29) is 12.8 Å². The van der Waals surface area contributed by atoms with Gasteiger partial charge in [-0.3, -0.25) is 4.79 Å². The minimum Gasteiger partial charge on any atom is -0.480 e. The van der Waals surface area contributed by atoms with E-state index in [1.165, 1.54) is 11.3 Å². The molecule has 21 heavy (non-hydrogen) atoms. The van der Waals surface area contributed by atoms with Crippen LogP contribution in [0.3, 0.4) is 0 Å². The van der Waals surface area contributed by atoms with Crippen LogP contribution in [0.4, 0.5) is 4.79 Å². The van der Waals surface area contributed by atoms with E-state index in [1.807, 2.05) is 12.3 Å². The molecule has 116 valence electrons. The molecule has 1 atom stereocenters. The van der Waals surface area contributed by atoms with Crippen molar-refractivity contribution in [2.45, 2.75) is 32.2 Å². The maximum absolute atomic E-state index is 11.6. The number of aromatic nitrogens is 1. The molecular weight excluding hydrogens is 296 g/mol. The van der Waals surface area contributed by atoms with E-state index in [0.29, 0.717) is 13.0 Å². The quantitative estimate of drug-likeness (QED) is 0.536. The van der Waals surface area contributed by atoms with E-state index in [2.05, 4.69) is 15.6 Å². The summed E-state index contributed by atoms with van der Waals surface area (Å²) >= 11 is 1.50. The molecule has 8 nitrogen and oxygen atoms in total. The number of rotatable bonds is 8. The number of carbonyl (C=O) groups is 3. The van der Waals surface area contributed by atoms with E-state index < -0.39 is 23.9 Å². The minimum atomic E-state index is -1.21. The molecule has 0 aliphatic carbocycles. The largest absolute Gasteiger partial charge is 0.480 e. The van der Waals surface area contributed by atoms with Gasteiger partial charge >= 0.3 is 12.0 Å². The predicted molar refractivity (Wildman–Crippen MR) is 76.9 cm³/mol. The van der Waals surface area contributed by atoms with Gasteiger partial charge in [-0.15, -0.1) is 11.3 Å². The molecule has 0 saturated carbocycles. The predicted octanol–water partition coefficient (Wildman–Crippen LogP) is 0.0119. The molecule has 1 heterocycles. The normalized spacial score (nSPS) is 11.7. The van der Waals surface area contributed by atoms with Gasteiger partial charge in [0.1, 0.15) is 6.04 Å². The molecule has 1 unspecified atom stereocenters. The summed E-state index contributed by atoms with van der Waals surface area (Å²) in [6.45, 7) is 2.23. The summed E-state index contributed by atoms with van der Waals surface area (Å²) in [5.74, 6) is -1.82. The van der Waals surface area contributed by atoms with Crippen molar-refractivity contribution in [1.82, 2.24) is 15.6 Å². The highest BCUT2D eigenvalue weighted by Gasteiger charge is 2.20. The fourth-order valence-electron chi connectivity index (χ4n) is 1.55. The first-order chi connectivity index (χ1) is 9.88. The van der Waals surface area contributed by atoms with Crippen LogP contribution in [0.5, 0.6) is 0 Å². The van der Waals surface area contributed by atoms with Crippen molar-refractivity contribution in [1.29, 1.82) is 0 Å². The van der Waals surface area contributed by atoms with E-state index in [9.17, 15) is 14.4 Å². The fourth-order valence-corrected chi connectivity index (χ4v) is 2.33. The van der Waals surface area contributed by atoms with Crippen LogP contribution < -0.4 is 16.4 Å². The molecule has 0 saturated heterocycles. The number of nitrogens with two attached hydrogens (primary N) is 1. The van der Waals surface area contributed by atoms with Gasteiger partial charge in [-0.1, -0.05) is 0 Å². The average Bonchev–Trinajstić information content (AvgIpc) is 2.79. The number of nitrogens with one attached hydrogen (secondary N) is 2. The number of amides is 3. The number of carboxylic acid groups (broad SMARTS) is 1. The van der Waals surface area contributed by atoms with Crippen LogP contribution in [0.15, 0.2) is 5.38 Å². The number of aryl methyl sites for hydroxylation is 1. The topological polar surface area (TPSA) is 134 Å². The lowest BCUT2D eigenvalue weighted by atomic mass is 10.1. The lowest BCUT2D eigenvalue weighted by Gasteiger charge is -2.14. The number of urea groups is 1. The van der Waals surface area contributed by atoms with Crippen LogP contribution in [0.25, 0.3) is 0 Å². The molecule has 0 spiro atoms. The van der Waals surface area contributed by atoms with E-state index in [0.717, 1.165) is 10.7 Å². The summed E-state index contributed by atoms with van der Waals surface area (Å²) < 4.78 is 0. The summed E-state index contributed by atoms with van der Waals surface area (Å²) in [4.78, 5) is 37.4. The smallest absolute Gasteiger partial charge is 0.326 e. The Labute approximate surface area is 125 Å². The van der Waals surface area contributed by atoms with Crippen LogP contribution in [0.1, 0.15) is 23.5 Å². The van der Waals surface area contributed by atoms with Crippen LogP contribution in [-0.4, -0.2) is 40.6 Å². The van der Waals surface area contributed by atoms with Crippen LogP contribution >= 0.6 is 11.3 Å². The Morgan fingerprint density at radius 2 is 2.19 bits per heavy atom. The second-order valence-corrected chi connectivity index (χ2v) is 5.37. The Balaban J connectivity index is 2.32. The lowest BCUT2D eigenvalue weighted by molar-refractivity contribution is -0.139. The van der Waals surface area contributed by atoms with Gasteiger partial charge in [0.25, 0.3) is 0 Å². The monoisotopic (exact) mass is 314 g/mol. The molecule has 1 aromatic rings. The molecule has 9 heteroatoms. The van der Waals surface area contributed by atoms with Gasteiger partial charge in [-0.2, -0.15) is 0 Å². The Kier molecular flexibility index (Phi) is 6.60. The van der Waals surface area contributed by atoms with Gasteiger partial charge < -0.3 is 21.5 Å². The number of aliphatic carboxylic acids is 1. The molecule has 1 rings (SSSR count). The van der Waals surface area contributed by atoms with E-state index >= 15 is 0 Å². The summed E-state index contributed by atoms with van der Waals surface area (Å²) in [6.07, 6.45) is 0.435. The first-order valence-corrected chi connectivity index (χ1v) is 7.23. The summed E-state index contributed by atoms with van der Waals surface area (Å²) in [6, 6.07) is -1.74. The number of carbonyl (C=O) groups excluding carboxylic acids is 2. The van der Waals surface area contributed by atoms with Crippen molar-refractivity contribution in [3.63, 3.8) is 0 Å². The van der Waals surface area contributed by atoms with Gasteiger partial charge in [-0.25, -0.2) is 14.6 Å². The number of nitrogens with zero attached hydrogens (tertiary/aromatic N) is 1. The second-order valence-electron chi connectivity index (χ2n) is 4.43. The van der Waals surface area contributed by atoms with Crippen molar-refractivity contribution < 1.29 is 19.5 Å². The summed E-state index contributed by atoms with van der Waals surface area (Å²) in [7, 11) is 0. The first-order valence-electron chi connectivity index (χ1n) is 6.35. The van der Waals surface area contributed by atoms with Gasteiger partial charge in [0.2, 0.25) is 5.91 Å². The standard InChI is InChI=1S/C12H18N4O4S/c1-7-6-21-10(15-7)4-5-14-12(20)16-8(11(18)19)2-3-9(13)17/h6,8H,2-5H2,1H3,(H2,13,17)(H,18,19)(H2,14,16,20). The third kappa shape index (κ3) is 6.70. The molecule has 0 aliphatic heterocycles. The lowest BCUT2D eigenvalue weighted by Crippen LogP contribution is -2.46. The van der Waals surface area contributed by atoms with Crippen molar-refractivity contribution in [3.8, 4) is 0 Å². The van der Waals surface area contributed by atoms with Crippen LogP contribution in [0.2, 0.25) is 0 Å². The maximum atomic E-state index is 11.6. The molecule has 0 fully saturated rings. The van der Waals surface area contributed by atoms with Crippen LogP contribution in [-0.2, 0) is 16.0 Å². The Morgan fingerprint density at radius 3 is 2.71 bits per heavy atom. The van der Waals surface area contributed by atoms with Gasteiger partial charge in [-0.05, 0) is 13.3 Å². The Morgan fingerprint density at radius 1 is 1.48 bits per heavy atom. The van der Waals surface area contributed by atoms with Crippen molar-refractivity contribution in [2.75, 3.05) is 6.54 Å². The number of hydrogen-bond acceptors (Lipinski definition) is 5. The van der Waals surface area contributed by atoms with Crippen molar-refractivity contribution >= 4 is 29.2 Å². The van der Waals surface area contributed by atoms with Gasteiger partial charge in [0, 0.05) is 30.5 Å². The number of carboxylic acids is 1. The molecule has 0 aliphatic rings. The van der Waals surface area contributed by atoms with Gasteiger partial charge in [0.05, 0.1) is 5.01 Å². The number of thiazole rings is 1. The molecular formula is C12H18N4O4S. The fraction of sp³-hybridized carbons (Fsp3) is 0.500. The second kappa shape index (κ2) is 8.20. The first kappa shape index (κ1) is 16.9. The summed E-state index contributed by atoms with van der Waals surface area (Å²) in [5.41, 5.74) is 5.88. The third-order valence-corrected chi connectivity index (χ3v) is 3.60. The van der Waals surface area contributed by atoms with Crippen molar-refractivity contribution in [2.24, 2.45) is 5.73 Å². The molecule has 5 N–H and O–H groups in total. The van der Waals surface area contributed by atoms with E-state index in [4.69, 9.17) is 10.8 Å². The van der Waals surface area contributed by atoms with Gasteiger partial charge in [0.15, 0.2) is 0 Å². The molecule has 0 bridgehead atoms. The zero-order valence-corrected chi connectivity index (χ0v) is 12.4. The number of primary amides is 1. The van der Waals surface area contributed by atoms with E-state index in [1.54, 1.807) is 0 Å². The zero-order valence-electron chi connectivity index (χ0n) is 11.6. The molecule has 0 radical (unpaired) electrons. The minimum absolute atomic E-state index is 0.0379. The molecule has 1 aromatic heterocycles. The Hall–Kier alpha value is -2.16. The highest BCUT2D eigenvalue weighted by Crippen LogP contribution is 2.08. The highest BCUT2D eigenvalue weighted by atomic mass is 32.1.